The maximum atomic E-state index is 3.12. The molecule has 0 aliphatic carbocycles. The van der Waals surface area contributed by atoms with Gasteiger partial charge >= 0.3 is 0 Å². The van der Waals surface area contributed by atoms with Gasteiger partial charge in [0.05, 0.1) is 0 Å². The molecule has 0 heterocycles. The predicted molar refractivity (Wildman–Crippen MR) is 125 cm³/mol. The lowest BCUT2D eigenvalue weighted by Gasteiger charge is -2.18. The van der Waals surface area contributed by atoms with E-state index in [9.17, 15) is 0 Å². The van der Waals surface area contributed by atoms with Crippen LogP contribution in [0.2, 0.25) is 0 Å². The second kappa shape index (κ2) is 9.48. The van der Waals surface area contributed by atoms with Crippen LogP contribution < -0.4 is 21.2 Å². The summed E-state index contributed by atoms with van der Waals surface area (Å²) in [4.78, 5) is 0. The third kappa shape index (κ3) is 4.58. The molecule has 0 spiro atoms. The van der Waals surface area contributed by atoms with E-state index in [1.807, 2.05) is 6.07 Å². The SMILES string of the molecule is c1ccc(P(/C=C\P(c2ccccc2)c2ccccc2)c2ccccc2)cc#1. The van der Waals surface area contributed by atoms with E-state index in [1.54, 1.807) is 0 Å². The molecule has 4 aromatic carbocycles. The zero-order valence-corrected chi connectivity index (χ0v) is 17.2. The fourth-order valence-corrected chi connectivity index (χ4v) is 7.30. The first-order valence-corrected chi connectivity index (χ1v) is 12.0. The van der Waals surface area contributed by atoms with Gasteiger partial charge in [0.1, 0.15) is 0 Å². The number of hydrogen-bond donors (Lipinski definition) is 0. The summed E-state index contributed by atoms with van der Waals surface area (Å²) in [5, 5.41) is 5.39. The normalized spacial score (nSPS) is 11.1. The second-order valence-electron chi connectivity index (χ2n) is 6.24. The minimum Gasteiger partial charge on any atom is -0.0702 e. The van der Waals surface area contributed by atoms with E-state index in [-0.39, 0.29) is 0 Å². The van der Waals surface area contributed by atoms with E-state index >= 15 is 0 Å². The lowest BCUT2D eigenvalue weighted by atomic mass is 10.4. The summed E-state index contributed by atoms with van der Waals surface area (Å²) >= 11 is 0. The molecule has 0 amide bonds. The van der Waals surface area contributed by atoms with Crippen LogP contribution in [-0.2, 0) is 0 Å². The van der Waals surface area contributed by atoms with Gasteiger partial charge in [0, 0.05) is 0 Å². The van der Waals surface area contributed by atoms with Gasteiger partial charge in [-0.3, -0.25) is 0 Å². The highest BCUT2D eigenvalue weighted by molar-refractivity contribution is 7.79. The van der Waals surface area contributed by atoms with Crippen molar-refractivity contribution in [1.29, 1.82) is 0 Å². The van der Waals surface area contributed by atoms with E-state index in [1.165, 1.54) is 21.2 Å². The molecule has 0 saturated heterocycles. The van der Waals surface area contributed by atoms with Gasteiger partial charge in [-0.15, -0.1) is 0 Å². The van der Waals surface area contributed by atoms with Crippen LogP contribution in [0.1, 0.15) is 0 Å². The molecule has 134 valence electrons. The molecular formula is C26H20P2. The summed E-state index contributed by atoms with van der Waals surface area (Å²) in [6, 6.07) is 44.7. The van der Waals surface area contributed by atoms with Crippen LogP contribution >= 0.6 is 15.8 Å². The number of hydrogen-bond acceptors (Lipinski definition) is 0. The molecule has 0 radical (unpaired) electrons. The molecule has 1 unspecified atom stereocenters. The second-order valence-corrected chi connectivity index (χ2v) is 10.4. The van der Waals surface area contributed by atoms with E-state index in [0.717, 1.165) is 0 Å². The maximum Gasteiger partial charge on any atom is -0.00316 e. The van der Waals surface area contributed by atoms with Gasteiger partial charge in [-0.1, -0.05) is 115 Å². The van der Waals surface area contributed by atoms with Gasteiger partial charge in [-0.2, -0.15) is 0 Å². The van der Waals surface area contributed by atoms with E-state index < -0.39 is 15.8 Å². The first-order valence-electron chi connectivity index (χ1n) is 9.21. The predicted octanol–water partition coefficient (Wildman–Crippen LogP) is 5.32. The van der Waals surface area contributed by atoms with Crippen molar-refractivity contribution in [2.24, 2.45) is 0 Å². The van der Waals surface area contributed by atoms with Gasteiger partial charge in [0.2, 0.25) is 0 Å². The monoisotopic (exact) mass is 394 g/mol. The number of rotatable bonds is 6. The van der Waals surface area contributed by atoms with E-state index in [0.29, 0.717) is 0 Å². The van der Waals surface area contributed by atoms with Crippen molar-refractivity contribution in [3.05, 3.63) is 133 Å². The van der Waals surface area contributed by atoms with Crippen LogP contribution in [0.25, 0.3) is 0 Å². The molecule has 2 heteroatoms. The van der Waals surface area contributed by atoms with Crippen LogP contribution in [0.4, 0.5) is 0 Å². The summed E-state index contributed by atoms with van der Waals surface area (Å²) in [6.45, 7) is 0. The molecule has 4 rings (SSSR count). The van der Waals surface area contributed by atoms with Crippen molar-refractivity contribution in [2.45, 2.75) is 0 Å². The molecule has 0 bridgehead atoms. The minimum atomic E-state index is -0.580. The van der Waals surface area contributed by atoms with Gasteiger partial charge in [0.25, 0.3) is 0 Å². The molecule has 0 nitrogen and oxygen atoms in total. The Balaban J connectivity index is 1.75. The fourth-order valence-electron chi connectivity index (χ4n) is 3.03. The molecule has 0 fully saturated rings. The topological polar surface area (TPSA) is 0 Å². The smallest absolute Gasteiger partial charge is 0.00316 e. The summed E-state index contributed by atoms with van der Waals surface area (Å²) in [5.41, 5.74) is 0. The van der Waals surface area contributed by atoms with Crippen molar-refractivity contribution in [3.8, 4) is 0 Å². The van der Waals surface area contributed by atoms with Crippen molar-refractivity contribution in [3.63, 3.8) is 0 Å². The summed E-state index contributed by atoms with van der Waals surface area (Å²) in [7, 11) is -1.13. The third-order valence-corrected chi connectivity index (χ3v) is 8.91. The van der Waals surface area contributed by atoms with Crippen LogP contribution in [0, 0.1) is 12.1 Å². The standard InChI is InChI=1S/C26H20P2/c1-5-13-23(14-6-1)27(24-15-7-2-8-16-24)21-22-28(25-17-9-3-10-18-25)26-19-11-4-12-20-26/h1-3,5-11,13-22H/b22-21-. The molecule has 0 aromatic heterocycles. The lowest BCUT2D eigenvalue weighted by Crippen LogP contribution is -2.11. The molecule has 0 saturated carbocycles. The molecule has 1 atom stereocenters. The van der Waals surface area contributed by atoms with Crippen molar-refractivity contribution in [2.75, 3.05) is 0 Å². The third-order valence-electron chi connectivity index (χ3n) is 4.39. The van der Waals surface area contributed by atoms with Gasteiger partial charge in [-0.25, -0.2) is 0 Å². The van der Waals surface area contributed by atoms with Gasteiger partial charge < -0.3 is 0 Å². The van der Waals surface area contributed by atoms with E-state index in [4.69, 9.17) is 0 Å². The Morgan fingerprint density at radius 1 is 0.464 bits per heavy atom. The van der Waals surface area contributed by atoms with Crippen LogP contribution in [0.15, 0.2) is 121 Å². The summed E-state index contributed by atoms with van der Waals surface area (Å²) in [6.07, 6.45) is 0. The van der Waals surface area contributed by atoms with Crippen LogP contribution in [0.5, 0.6) is 0 Å². The zero-order chi connectivity index (χ0) is 19.0. The Morgan fingerprint density at radius 2 is 0.893 bits per heavy atom. The van der Waals surface area contributed by atoms with Gasteiger partial charge in [0.15, 0.2) is 0 Å². The highest BCUT2D eigenvalue weighted by Gasteiger charge is 2.14. The molecule has 0 aliphatic heterocycles. The molecule has 0 N–H and O–H groups in total. The molecule has 4 aromatic rings. The zero-order valence-electron chi connectivity index (χ0n) is 15.4. The highest BCUT2D eigenvalue weighted by atomic mass is 31.1. The Bertz CT molecular complexity index is 833. The molecular weight excluding hydrogens is 374 g/mol. The summed E-state index contributed by atoms with van der Waals surface area (Å²) < 4.78 is 0. The molecule has 28 heavy (non-hydrogen) atoms. The van der Waals surface area contributed by atoms with Crippen molar-refractivity contribution in [1.82, 2.24) is 0 Å². The largest absolute Gasteiger partial charge is 0.0702 e. The average molecular weight is 394 g/mol. The quantitative estimate of drug-likeness (QED) is 0.388. The molecule has 0 aliphatic rings. The highest BCUT2D eigenvalue weighted by Crippen LogP contribution is 2.42. The minimum absolute atomic E-state index is 0.546. The lowest BCUT2D eigenvalue weighted by molar-refractivity contribution is 1.75. The van der Waals surface area contributed by atoms with Crippen LogP contribution in [0.3, 0.4) is 0 Å². The van der Waals surface area contributed by atoms with E-state index in [2.05, 4.69) is 127 Å². The van der Waals surface area contributed by atoms with Crippen molar-refractivity contribution < 1.29 is 0 Å². The fraction of sp³-hybridized carbons (Fsp3) is 0. The van der Waals surface area contributed by atoms with Crippen molar-refractivity contribution >= 4 is 37.1 Å². The Labute approximate surface area is 170 Å². The average Bonchev–Trinajstić information content (AvgIpc) is 2.79. The Kier molecular flexibility index (Phi) is 6.32. The first-order chi connectivity index (χ1) is 13.9. The maximum absolute atomic E-state index is 3.12. The van der Waals surface area contributed by atoms with Crippen LogP contribution in [-0.4, -0.2) is 0 Å². The first kappa shape index (κ1) is 18.7. The Morgan fingerprint density at radius 3 is 1.29 bits per heavy atom. The number of benzene rings is 3. The Hall–Kier alpha value is -2.70. The van der Waals surface area contributed by atoms with Gasteiger partial charge in [-0.05, 0) is 55.3 Å². The summed E-state index contributed by atoms with van der Waals surface area (Å²) in [5.74, 6) is 4.84.